The molecule has 9 N–H and O–H groups in total. The van der Waals surface area contributed by atoms with E-state index in [0.717, 1.165) is 4.90 Å². The van der Waals surface area contributed by atoms with Crippen molar-refractivity contribution in [1.82, 2.24) is 15.5 Å². The molecule has 1 aliphatic rings. The van der Waals surface area contributed by atoms with Gasteiger partial charge in [-0.1, -0.05) is 0 Å². The van der Waals surface area contributed by atoms with Gasteiger partial charge in [-0.3, -0.25) is 24.0 Å². The largest absolute Gasteiger partial charge is 0.480 e. The second kappa shape index (κ2) is 12.1. The number of nitrogens with one attached hydrogen (secondary N) is 2. The molecule has 1 saturated heterocycles. The highest BCUT2D eigenvalue weighted by Crippen LogP contribution is 2.19. The first-order valence-corrected chi connectivity index (χ1v) is 10.2. The number of nitrogens with two attached hydrogens (primary N) is 3. The van der Waals surface area contributed by atoms with Gasteiger partial charge in [0.25, 0.3) is 0 Å². The Morgan fingerprint density at radius 1 is 1.03 bits per heavy atom. The van der Waals surface area contributed by atoms with Crippen LogP contribution in [0.3, 0.4) is 0 Å². The summed E-state index contributed by atoms with van der Waals surface area (Å²) in [7, 11) is 0. The fourth-order valence-corrected chi connectivity index (χ4v) is 3.24. The number of thiol groups is 1. The van der Waals surface area contributed by atoms with Crippen LogP contribution in [0.1, 0.15) is 32.1 Å². The minimum Gasteiger partial charge on any atom is -0.480 e. The van der Waals surface area contributed by atoms with Crippen LogP contribution in [0.2, 0.25) is 0 Å². The smallest absolute Gasteiger partial charge is 0.326 e. The molecule has 4 unspecified atom stereocenters. The number of hydrogen-bond acceptors (Lipinski definition) is 8. The Morgan fingerprint density at radius 3 is 2.16 bits per heavy atom. The summed E-state index contributed by atoms with van der Waals surface area (Å²) in [4.78, 5) is 72.7. The lowest BCUT2D eigenvalue weighted by molar-refractivity contribution is -0.149. The molecule has 13 nitrogen and oxygen atoms in total. The summed E-state index contributed by atoms with van der Waals surface area (Å²) >= 11 is 3.88. The number of hydrogen-bond donors (Lipinski definition) is 7. The summed E-state index contributed by atoms with van der Waals surface area (Å²) in [5, 5.41) is 13.9. The Morgan fingerprint density at radius 2 is 1.65 bits per heavy atom. The van der Waals surface area contributed by atoms with E-state index in [1.807, 2.05) is 0 Å². The molecule has 0 spiro atoms. The van der Waals surface area contributed by atoms with Crippen molar-refractivity contribution in [3.8, 4) is 0 Å². The van der Waals surface area contributed by atoms with E-state index in [-0.39, 0.29) is 31.6 Å². The summed E-state index contributed by atoms with van der Waals surface area (Å²) in [6.45, 7) is 0.164. The Labute approximate surface area is 183 Å². The van der Waals surface area contributed by atoms with Crippen molar-refractivity contribution in [1.29, 1.82) is 0 Å². The molecule has 0 radical (unpaired) electrons. The quantitative estimate of drug-likeness (QED) is 0.144. The Bertz CT molecular complexity index is 734. The summed E-state index contributed by atoms with van der Waals surface area (Å²) in [6.07, 6.45) is -0.328. The minimum absolute atomic E-state index is 0.0258. The molecule has 5 amide bonds. The van der Waals surface area contributed by atoms with Crippen LogP contribution in [0, 0.1) is 0 Å². The maximum atomic E-state index is 12.9. The maximum absolute atomic E-state index is 12.9. The number of rotatable bonds is 12. The van der Waals surface area contributed by atoms with Crippen molar-refractivity contribution >= 4 is 48.1 Å². The summed E-state index contributed by atoms with van der Waals surface area (Å²) < 4.78 is 0. The monoisotopic (exact) mass is 460 g/mol. The van der Waals surface area contributed by atoms with E-state index in [0.29, 0.717) is 6.42 Å². The molecular weight excluding hydrogens is 432 g/mol. The lowest BCUT2D eigenvalue weighted by Crippen LogP contribution is -2.58. The molecule has 31 heavy (non-hydrogen) atoms. The lowest BCUT2D eigenvalue weighted by atomic mass is 10.1. The maximum Gasteiger partial charge on any atom is 0.326 e. The van der Waals surface area contributed by atoms with Gasteiger partial charge in [0.15, 0.2) is 0 Å². The number of carboxylic acids is 1. The van der Waals surface area contributed by atoms with E-state index in [2.05, 4.69) is 23.3 Å². The molecule has 0 aromatic carbocycles. The highest BCUT2D eigenvalue weighted by molar-refractivity contribution is 7.80. The number of aliphatic carboxylic acids is 1. The average molecular weight is 461 g/mol. The van der Waals surface area contributed by atoms with E-state index in [1.54, 1.807) is 0 Å². The third kappa shape index (κ3) is 8.05. The fourth-order valence-electron chi connectivity index (χ4n) is 3.08. The van der Waals surface area contributed by atoms with Gasteiger partial charge < -0.3 is 37.8 Å². The number of primary amides is 2. The van der Waals surface area contributed by atoms with Crippen molar-refractivity contribution in [2.75, 3.05) is 12.3 Å². The van der Waals surface area contributed by atoms with Crippen molar-refractivity contribution in [2.24, 2.45) is 17.2 Å². The van der Waals surface area contributed by atoms with Gasteiger partial charge in [0.2, 0.25) is 29.5 Å². The van der Waals surface area contributed by atoms with E-state index in [1.165, 1.54) is 0 Å². The molecule has 0 bridgehead atoms. The van der Waals surface area contributed by atoms with Crippen LogP contribution in [0.5, 0.6) is 0 Å². The fraction of sp³-hybridized carbons (Fsp3) is 0.647. The van der Waals surface area contributed by atoms with Gasteiger partial charge >= 0.3 is 5.97 Å². The van der Waals surface area contributed by atoms with Crippen molar-refractivity contribution < 1.29 is 33.9 Å². The zero-order valence-electron chi connectivity index (χ0n) is 16.8. The molecule has 1 rings (SSSR count). The first kappa shape index (κ1) is 26.2. The second-order valence-electron chi connectivity index (χ2n) is 7.11. The van der Waals surface area contributed by atoms with Crippen LogP contribution in [0.4, 0.5) is 0 Å². The molecule has 14 heteroatoms. The highest BCUT2D eigenvalue weighted by atomic mass is 32.1. The van der Waals surface area contributed by atoms with Crippen LogP contribution in [-0.4, -0.2) is 82.0 Å². The number of carbonyl (C=O) groups is 6. The van der Waals surface area contributed by atoms with Gasteiger partial charge in [0.1, 0.15) is 18.1 Å². The number of carboxylic acid groups (broad SMARTS) is 1. The van der Waals surface area contributed by atoms with E-state index in [4.69, 9.17) is 17.2 Å². The van der Waals surface area contributed by atoms with Gasteiger partial charge in [0.05, 0.1) is 12.5 Å². The van der Waals surface area contributed by atoms with E-state index < -0.39 is 66.1 Å². The summed E-state index contributed by atoms with van der Waals surface area (Å²) in [5.74, 6) is -5.24. The molecule has 0 aromatic heterocycles. The molecular formula is C17H28N6O7S. The molecule has 1 aliphatic heterocycles. The van der Waals surface area contributed by atoms with E-state index in [9.17, 15) is 33.9 Å². The average Bonchev–Trinajstić information content (AvgIpc) is 3.18. The zero-order valence-corrected chi connectivity index (χ0v) is 17.7. The molecule has 4 atom stereocenters. The Balaban J connectivity index is 3.03. The third-order valence-electron chi connectivity index (χ3n) is 4.69. The van der Waals surface area contributed by atoms with Crippen LogP contribution in [-0.2, 0) is 28.8 Å². The van der Waals surface area contributed by atoms with E-state index >= 15 is 0 Å². The molecule has 1 heterocycles. The number of likely N-dealkylation sites (tertiary alicyclic amines) is 1. The predicted molar refractivity (Wildman–Crippen MR) is 110 cm³/mol. The van der Waals surface area contributed by atoms with Crippen LogP contribution >= 0.6 is 12.6 Å². The Kier molecular flexibility index (Phi) is 10.2. The Hall–Kier alpha value is -2.87. The van der Waals surface area contributed by atoms with Crippen LogP contribution < -0.4 is 27.8 Å². The molecule has 1 fully saturated rings. The third-order valence-corrected chi connectivity index (χ3v) is 5.08. The van der Waals surface area contributed by atoms with Crippen molar-refractivity contribution in [3.63, 3.8) is 0 Å². The highest BCUT2D eigenvalue weighted by Gasteiger charge is 2.38. The van der Waals surface area contributed by atoms with Gasteiger partial charge in [0, 0.05) is 18.7 Å². The standard InChI is InChI=1S/C17H28N6O7S/c18-8(7-31)14(26)22-10(6-13(20)25)15(27)21-9(3-4-12(19)24)16(28)23-5-1-2-11(23)17(29)30/h8-11,31H,1-7,18H2,(H2,19,24)(H2,20,25)(H,21,27)(H,22,26)(H,29,30). The first-order valence-electron chi connectivity index (χ1n) is 9.55. The summed E-state index contributed by atoms with van der Waals surface area (Å²) in [6, 6.07) is -4.85. The second-order valence-corrected chi connectivity index (χ2v) is 7.48. The molecule has 0 aliphatic carbocycles. The van der Waals surface area contributed by atoms with Gasteiger partial charge in [-0.25, -0.2) is 4.79 Å². The van der Waals surface area contributed by atoms with Crippen molar-refractivity contribution in [2.45, 2.75) is 56.3 Å². The molecule has 174 valence electrons. The van der Waals surface area contributed by atoms with Crippen molar-refractivity contribution in [3.05, 3.63) is 0 Å². The molecule has 0 aromatic rings. The van der Waals surface area contributed by atoms with Gasteiger partial charge in [-0.15, -0.1) is 0 Å². The van der Waals surface area contributed by atoms with Gasteiger partial charge in [-0.05, 0) is 19.3 Å². The number of carbonyl (C=O) groups excluding carboxylic acids is 5. The van der Waals surface area contributed by atoms with Gasteiger partial charge in [-0.2, -0.15) is 12.6 Å². The lowest BCUT2D eigenvalue weighted by Gasteiger charge is -2.28. The summed E-state index contributed by atoms with van der Waals surface area (Å²) in [5.41, 5.74) is 15.8. The number of nitrogens with zero attached hydrogens (tertiary/aromatic N) is 1. The minimum atomic E-state index is -1.44. The van der Waals surface area contributed by atoms with Crippen LogP contribution in [0.15, 0.2) is 0 Å². The van der Waals surface area contributed by atoms with Crippen LogP contribution in [0.25, 0.3) is 0 Å². The topological polar surface area (TPSA) is 228 Å². The predicted octanol–water partition coefficient (Wildman–Crippen LogP) is -3.57. The first-order chi connectivity index (χ1) is 14.5. The zero-order chi connectivity index (χ0) is 23.7. The number of amides is 5. The molecule has 0 saturated carbocycles. The SMILES string of the molecule is NC(=O)CCC(NC(=O)C(CC(N)=O)NC(=O)C(N)CS)C(=O)N1CCCC1C(=O)O. The normalized spacial score (nSPS) is 18.5.